The first-order valence-electron chi connectivity index (χ1n) is 6.03. The molecule has 0 radical (unpaired) electrons. The molecule has 1 fully saturated rings. The maximum atomic E-state index is 13.5. The molecule has 0 aliphatic carbocycles. The van der Waals surface area contributed by atoms with Crippen molar-refractivity contribution in [1.82, 2.24) is 5.32 Å². The number of amides is 1. The van der Waals surface area contributed by atoms with Crippen LogP contribution in [0, 0.1) is 12.7 Å². The van der Waals surface area contributed by atoms with Gasteiger partial charge in [0, 0.05) is 5.56 Å². The minimum absolute atomic E-state index is 0.205. The summed E-state index contributed by atoms with van der Waals surface area (Å²) >= 11 is 0.992. The van der Waals surface area contributed by atoms with E-state index in [2.05, 4.69) is 15.5 Å². The minimum atomic E-state index is -1.06. The van der Waals surface area contributed by atoms with Crippen LogP contribution in [0.1, 0.15) is 17.5 Å². The lowest BCUT2D eigenvalue weighted by molar-refractivity contribution is -0.138. The van der Waals surface area contributed by atoms with Gasteiger partial charge < -0.3 is 10.4 Å². The van der Waals surface area contributed by atoms with Crippen LogP contribution in [0.3, 0.4) is 0 Å². The summed E-state index contributed by atoms with van der Waals surface area (Å²) in [7, 11) is 0. The largest absolute Gasteiger partial charge is 0.481 e. The van der Waals surface area contributed by atoms with E-state index in [0.29, 0.717) is 11.1 Å². The Kier molecular flexibility index (Phi) is 4.69. The molecule has 1 aliphatic heterocycles. The lowest BCUT2D eigenvalue weighted by Crippen LogP contribution is -2.26. The number of thioether (sulfide) groups is 1. The number of hydrogen-bond acceptors (Lipinski definition) is 5. The highest BCUT2D eigenvalue weighted by Crippen LogP contribution is 2.22. The summed E-state index contributed by atoms with van der Waals surface area (Å²) in [6.45, 7) is 1.74. The van der Waals surface area contributed by atoms with E-state index in [4.69, 9.17) is 5.11 Å². The third kappa shape index (κ3) is 3.88. The Labute approximate surface area is 124 Å². The third-order valence-corrected chi connectivity index (χ3v) is 3.82. The number of aryl methyl sites for hydroxylation is 1. The van der Waals surface area contributed by atoms with Gasteiger partial charge in [0.25, 0.3) is 0 Å². The number of carboxylic acid groups (broad SMARTS) is 1. The van der Waals surface area contributed by atoms with Gasteiger partial charge in [0.05, 0.1) is 12.6 Å². The quantitative estimate of drug-likeness (QED) is 0.652. The van der Waals surface area contributed by atoms with Crippen LogP contribution in [0.5, 0.6) is 0 Å². The van der Waals surface area contributed by atoms with Gasteiger partial charge in [-0.25, -0.2) is 4.39 Å². The molecule has 1 saturated heterocycles. The molecule has 0 aromatic heterocycles. The van der Waals surface area contributed by atoms with Crippen molar-refractivity contribution in [3.63, 3.8) is 0 Å². The Hall–Kier alpha value is -2.22. The number of rotatable bonds is 4. The molecule has 1 atom stereocenters. The van der Waals surface area contributed by atoms with Crippen LogP contribution in [0.15, 0.2) is 28.4 Å². The van der Waals surface area contributed by atoms with Gasteiger partial charge in [-0.2, -0.15) is 5.10 Å². The predicted octanol–water partition coefficient (Wildman–Crippen LogP) is 1.53. The SMILES string of the molecule is Cc1cccc(F)c1C=NN=C1NC(=O)C(CC(=O)O)S1. The van der Waals surface area contributed by atoms with Crippen molar-refractivity contribution in [3.05, 3.63) is 35.1 Å². The standard InChI is InChI=1S/C13H12FN3O3S/c1-7-3-2-4-9(14)8(7)6-15-17-13-16-12(20)10(21-13)5-11(18)19/h2-4,6,10H,5H2,1H3,(H,18,19)(H,16,17,20). The third-order valence-electron chi connectivity index (χ3n) is 2.74. The maximum absolute atomic E-state index is 13.5. The first kappa shape index (κ1) is 15.2. The zero-order valence-corrected chi connectivity index (χ0v) is 11.9. The van der Waals surface area contributed by atoms with Crippen LogP contribution < -0.4 is 5.32 Å². The van der Waals surface area contributed by atoms with Crippen molar-refractivity contribution >= 4 is 35.0 Å². The van der Waals surface area contributed by atoms with Gasteiger partial charge >= 0.3 is 5.97 Å². The van der Waals surface area contributed by atoms with Crippen LogP contribution in [0.2, 0.25) is 0 Å². The topological polar surface area (TPSA) is 91.1 Å². The smallest absolute Gasteiger partial charge is 0.305 e. The fraction of sp³-hybridized carbons (Fsp3) is 0.231. The molecule has 2 rings (SSSR count). The van der Waals surface area contributed by atoms with Crippen molar-refractivity contribution < 1.29 is 19.1 Å². The highest BCUT2D eigenvalue weighted by Gasteiger charge is 2.32. The van der Waals surface area contributed by atoms with Gasteiger partial charge in [-0.3, -0.25) is 9.59 Å². The van der Waals surface area contributed by atoms with Crippen molar-refractivity contribution in [3.8, 4) is 0 Å². The predicted molar refractivity (Wildman–Crippen MR) is 77.9 cm³/mol. The normalized spacial score (nSPS) is 20.2. The van der Waals surface area contributed by atoms with E-state index in [1.807, 2.05) is 0 Å². The number of carboxylic acids is 1. The van der Waals surface area contributed by atoms with Crippen LogP contribution >= 0.6 is 11.8 Å². The van der Waals surface area contributed by atoms with Gasteiger partial charge in [-0.1, -0.05) is 23.9 Å². The van der Waals surface area contributed by atoms with Crippen LogP contribution in [-0.2, 0) is 9.59 Å². The molecule has 1 amide bonds. The fourth-order valence-electron chi connectivity index (χ4n) is 1.69. The highest BCUT2D eigenvalue weighted by atomic mass is 32.2. The van der Waals surface area contributed by atoms with Crippen LogP contribution in [0.25, 0.3) is 0 Å². The zero-order chi connectivity index (χ0) is 15.4. The molecule has 1 aromatic rings. The van der Waals surface area contributed by atoms with Gasteiger partial charge in [0.15, 0.2) is 5.17 Å². The first-order valence-corrected chi connectivity index (χ1v) is 6.91. The minimum Gasteiger partial charge on any atom is -0.481 e. The van der Waals surface area contributed by atoms with Crippen molar-refractivity contribution in [1.29, 1.82) is 0 Å². The van der Waals surface area contributed by atoms with E-state index < -0.39 is 22.9 Å². The first-order chi connectivity index (χ1) is 9.97. The van der Waals surface area contributed by atoms with E-state index in [-0.39, 0.29) is 11.6 Å². The van der Waals surface area contributed by atoms with Crippen molar-refractivity contribution in [2.24, 2.45) is 10.2 Å². The average Bonchev–Trinajstić information content (AvgIpc) is 2.73. The van der Waals surface area contributed by atoms with Gasteiger partial charge in [0.1, 0.15) is 11.1 Å². The van der Waals surface area contributed by atoms with Gasteiger partial charge in [-0.15, -0.1) is 5.10 Å². The number of carbonyl (C=O) groups is 2. The van der Waals surface area contributed by atoms with Crippen LogP contribution in [-0.4, -0.2) is 33.6 Å². The summed E-state index contributed by atoms with van der Waals surface area (Å²) in [4.78, 5) is 22.1. The summed E-state index contributed by atoms with van der Waals surface area (Å²) in [6.07, 6.45) is 0.973. The molecule has 8 heteroatoms. The second kappa shape index (κ2) is 6.49. The zero-order valence-electron chi connectivity index (χ0n) is 11.0. The van der Waals surface area contributed by atoms with Crippen molar-refractivity contribution in [2.45, 2.75) is 18.6 Å². The van der Waals surface area contributed by atoms with Gasteiger partial charge in [0.2, 0.25) is 5.91 Å². The number of halogens is 1. The maximum Gasteiger partial charge on any atom is 0.305 e. The fourth-order valence-corrected chi connectivity index (χ4v) is 2.61. The van der Waals surface area contributed by atoms with E-state index in [0.717, 1.165) is 11.8 Å². The summed E-state index contributed by atoms with van der Waals surface area (Å²) in [5.41, 5.74) is 1.03. The monoisotopic (exact) mass is 309 g/mol. The molecule has 1 unspecified atom stereocenters. The Morgan fingerprint density at radius 1 is 1.57 bits per heavy atom. The summed E-state index contributed by atoms with van der Waals surface area (Å²) in [6, 6.07) is 4.65. The molecule has 1 aromatic carbocycles. The molecule has 0 bridgehead atoms. The molecular weight excluding hydrogens is 297 g/mol. The molecule has 1 heterocycles. The highest BCUT2D eigenvalue weighted by molar-refractivity contribution is 8.15. The Morgan fingerprint density at radius 3 is 3.00 bits per heavy atom. The second-order valence-corrected chi connectivity index (χ2v) is 5.51. The van der Waals surface area contributed by atoms with Crippen LogP contribution in [0.4, 0.5) is 4.39 Å². The van der Waals surface area contributed by atoms with E-state index >= 15 is 0 Å². The number of carbonyl (C=O) groups excluding carboxylic acids is 1. The molecule has 1 aliphatic rings. The molecule has 0 spiro atoms. The summed E-state index contributed by atoms with van der Waals surface area (Å²) < 4.78 is 13.5. The summed E-state index contributed by atoms with van der Waals surface area (Å²) in [5.74, 6) is -1.89. The molecule has 2 N–H and O–H groups in total. The number of amidine groups is 1. The number of benzene rings is 1. The van der Waals surface area contributed by atoms with E-state index in [1.165, 1.54) is 12.3 Å². The Bertz CT molecular complexity index is 625. The summed E-state index contributed by atoms with van der Waals surface area (Å²) in [5, 5.41) is 18.1. The lowest BCUT2D eigenvalue weighted by atomic mass is 10.1. The Balaban J connectivity index is 2.07. The number of nitrogens with one attached hydrogen (secondary N) is 1. The molecule has 21 heavy (non-hydrogen) atoms. The van der Waals surface area contributed by atoms with E-state index in [1.54, 1.807) is 19.1 Å². The second-order valence-electron chi connectivity index (χ2n) is 4.31. The average molecular weight is 309 g/mol. The van der Waals surface area contributed by atoms with E-state index in [9.17, 15) is 14.0 Å². The van der Waals surface area contributed by atoms with Crippen molar-refractivity contribution in [2.75, 3.05) is 0 Å². The Morgan fingerprint density at radius 2 is 2.33 bits per heavy atom. The number of aliphatic carboxylic acids is 1. The molecule has 110 valence electrons. The number of hydrogen-bond donors (Lipinski definition) is 2. The molecule has 0 saturated carbocycles. The molecular formula is C13H12FN3O3S. The van der Waals surface area contributed by atoms with Gasteiger partial charge in [-0.05, 0) is 18.6 Å². The number of nitrogens with zero attached hydrogens (tertiary/aromatic N) is 2. The molecule has 6 nitrogen and oxygen atoms in total. The lowest BCUT2D eigenvalue weighted by Gasteiger charge is -1.99.